The summed E-state index contributed by atoms with van der Waals surface area (Å²) in [6, 6.07) is 3.15. The minimum absolute atomic E-state index is 0.0354. The fourth-order valence-corrected chi connectivity index (χ4v) is 1.27. The predicted molar refractivity (Wildman–Crippen MR) is 56.8 cm³/mol. The first-order valence-electron chi connectivity index (χ1n) is 4.01. The van der Waals surface area contributed by atoms with Gasteiger partial charge in [-0.05, 0) is 28.1 Å². The zero-order valence-corrected chi connectivity index (χ0v) is 9.56. The number of carbonyl (C=O) groups is 1. The molecule has 0 aliphatic heterocycles. The average Bonchev–Trinajstić information content (AvgIpc) is 2.63. The van der Waals surface area contributed by atoms with Gasteiger partial charge in [-0.3, -0.25) is 4.79 Å². The second kappa shape index (κ2) is 4.83. The number of furan rings is 1. The Kier molecular flexibility index (Phi) is 3.73. The van der Waals surface area contributed by atoms with Crippen LogP contribution in [0.15, 0.2) is 26.4 Å². The monoisotopic (exact) mass is 275 g/mol. The van der Waals surface area contributed by atoms with E-state index >= 15 is 0 Å². The van der Waals surface area contributed by atoms with Crippen molar-refractivity contribution in [3.05, 3.63) is 22.6 Å². The van der Waals surface area contributed by atoms with E-state index in [1.165, 1.54) is 18.0 Å². The van der Waals surface area contributed by atoms with Crippen molar-refractivity contribution in [2.75, 3.05) is 13.6 Å². The Balaban J connectivity index is 2.69. The standard InChI is InChI=1S/C8H10BrN3O3/c1-12(4-7(10)11-14)8(13)5-2-3-6(9)15-5/h2-3,14H,4H2,1H3,(H2,10,11). The molecule has 6 nitrogen and oxygen atoms in total. The van der Waals surface area contributed by atoms with Gasteiger partial charge in [-0.25, -0.2) is 0 Å². The van der Waals surface area contributed by atoms with Crippen molar-refractivity contribution < 1.29 is 14.4 Å². The van der Waals surface area contributed by atoms with Crippen LogP contribution in [0.3, 0.4) is 0 Å². The van der Waals surface area contributed by atoms with Crippen molar-refractivity contribution in [2.45, 2.75) is 0 Å². The molecule has 1 heterocycles. The number of hydrogen-bond donors (Lipinski definition) is 2. The summed E-state index contributed by atoms with van der Waals surface area (Å²) in [5, 5.41) is 11.1. The van der Waals surface area contributed by atoms with Gasteiger partial charge >= 0.3 is 0 Å². The summed E-state index contributed by atoms with van der Waals surface area (Å²) in [5.41, 5.74) is 5.26. The Morgan fingerprint density at radius 1 is 1.73 bits per heavy atom. The molecule has 1 amide bonds. The zero-order valence-electron chi connectivity index (χ0n) is 7.98. The van der Waals surface area contributed by atoms with Gasteiger partial charge in [-0.2, -0.15) is 0 Å². The fourth-order valence-electron chi connectivity index (χ4n) is 0.964. The minimum Gasteiger partial charge on any atom is -0.444 e. The van der Waals surface area contributed by atoms with Crippen molar-refractivity contribution in [1.82, 2.24) is 4.90 Å². The number of likely N-dealkylation sites (N-methyl/N-ethyl adjacent to an activating group) is 1. The third-order valence-corrected chi connectivity index (χ3v) is 2.08. The van der Waals surface area contributed by atoms with Gasteiger partial charge in [0.05, 0.1) is 6.54 Å². The van der Waals surface area contributed by atoms with Crippen LogP contribution >= 0.6 is 15.9 Å². The number of hydrogen-bond acceptors (Lipinski definition) is 4. The number of rotatable bonds is 3. The lowest BCUT2D eigenvalue weighted by molar-refractivity contribution is 0.0781. The van der Waals surface area contributed by atoms with Crippen LogP contribution in [-0.4, -0.2) is 35.4 Å². The van der Waals surface area contributed by atoms with Gasteiger partial charge in [0.25, 0.3) is 5.91 Å². The molecule has 0 aliphatic rings. The van der Waals surface area contributed by atoms with E-state index < -0.39 is 0 Å². The molecule has 1 rings (SSSR count). The number of oxime groups is 1. The lowest BCUT2D eigenvalue weighted by Crippen LogP contribution is -2.35. The van der Waals surface area contributed by atoms with Gasteiger partial charge in [0.2, 0.25) is 0 Å². The van der Waals surface area contributed by atoms with Gasteiger partial charge < -0.3 is 20.3 Å². The normalized spacial score (nSPS) is 11.5. The maximum Gasteiger partial charge on any atom is 0.289 e. The van der Waals surface area contributed by atoms with E-state index in [2.05, 4.69) is 21.1 Å². The smallest absolute Gasteiger partial charge is 0.289 e. The highest BCUT2D eigenvalue weighted by molar-refractivity contribution is 9.10. The quantitative estimate of drug-likeness (QED) is 0.370. The van der Waals surface area contributed by atoms with Gasteiger partial charge in [0.1, 0.15) is 0 Å². The minimum atomic E-state index is -0.340. The largest absolute Gasteiger partial charge is 0.444 e. The van der Waals surface area contributed by atoms with Crippen molar-refractivity contribution in [3.63, 3.8) is 0 Å². The third-order valence-electron chi connectivity index (χ3n) is 1.66. The third kappa shape index (κ3) is 2.98. The maximum atomic E-state index is 11.6. The van der Waals surface area contributed by atoms with Crippen LogP contribution in [-0.2, 0) is 0 Å². The van der Waals surface area contributed by atoms with Crippen LogP contribution in [0.5, 0.6) is 0 Å². The fraction of sp³-hybridized carbons (Fsp3) is 0.250. The van der Waals surface area contributed by atoms with E-state index in [0.29, 0.717) is 4.67 Å². The molecule has 0 saturated heterocycles. The number of carbonyl (C=O) groups excluding carboxylic acids is 1. The molecular formula is C8H10BrN3O3. The van der Waals surface area contributed by atoms with Gasteiger partial charge in [0.15, 0.2) is 16.3 Å². The second-order valence-electron chi connectivity index (χ2n) is 2.86. The molecule has 0 saturated carbocycles. The van der Waals surface area contributed by atoms with Crippen LogP contribution in [0.25, 0.3) is 0 Å². The Morgan fingerprint density at radius 2 is 2.40 bits per heavy atom. The van der Waals surface area contributed by atoms with Crippen LogP contribution in [0.1, 0.15) is 10.6 Å². The summed E-state index contributed by atoms with van der Waals surface area (Å²) in [6.07, 6.45) is 0. The summed E-state index contributed by atoms with van der Waals surface area (Å²) in [7, 11) is 1.52. The SMILES string of the molecule is CN(CC(N)=NO)C(=O)c1ccc(Br)o1. The molecule has 0 radical (unpaired) electrons. The molecule has 0 spiro atoms. The first-order chi connectivity index (χ1) is 7.04. The lowest BCUT2D eigenvalue weighted by atomic mass is 10.4. The summed E-state index contributed by atoms with van der Waals surface area (Å²) in [5.74, 6) is -0.195. The molecule has 0 bridgehead atoms. The van der Waals surface area contributed by atoms with Crippen LogP contribution in [0.2, 0.25) is 0 Å². The number of nitrogens with two attached hydrogens (primary N) is 1. The molecule has 1 aromatic rings. The highest BCUT2D eigenvalue weighted by Gasteiger charge is 2.16. The van der Waals surface area contributed by atoms with E-state index in [0.717, 1.165) is 0 Å². The highest BCUT2D eigenvalue weighted by Crippen LogP contribution is 2.15. The van der Waals surface area contributed by atoms with Crippen molar-refractivity contribution >= 4 is 27.7 Å². The Bertz CT molecular complexity index is 388. The van der Waals surface area contributed by atoms with Crippen LogP contribution in [0.4, 0.5) is 0 Å². The zero-order chi connectivity index (χ0) is 11.4. The molecule has 0 atom stereocenters. The van der Waals surface area contributed by atoms with E-state index in [9.17, 15) is 4.79 Å². The van der Waals surface area contributed by atoms with Gasteiger partial charge in [0, 0.05) is 7.05 Å². The Morgan fingerprint density at radius 3 is 2.87 bits per heavy atom. The number of halogens is 1. The first kappa shape index (κ1) is 11.6. The number of nitrogens with zero attached hydrogens (tertiary/aromatic N) is 2. The van der Waals surface area contributed by atoms with E-state index in [1.807, 2.05) is 0 Å². The van der Waals surface area contributed by atoms with Gasteiger partial charge in [-0.1, -0.05) is 5.16 Å². The molecule has 3 N–H and O–H groups in total. The van der Waals surface area contributed by atoms with Crippen LogP contribution in [0, 0.1) is 0 Å². The van der Waals surface area contributed by atoms with E-state index in [4.69, 9.17) is 15.4 Å². The molecule has 7 heteroatoms. The van der Waals surface area contributed by atoms with E-state index in [-0.39, 0.29) is 24.0 Å². The van der Waals surface area contributed by atoms with Crippen molar-refractivity contribution in [2.24, 2.45) is 10.9 Å². The Labute approximate surface area is 94.5 Å². The summed E-state index contributed by atoms with van der Waals surface area (Å²) < 4.78 is 5.54. The first-order valence-corrected chi connectivity index (χ1v) is 4.81. The molecule has 0 aliphatic carbocycles. The van der Waals surface area contributed by atoms with Crippen LogP contribution < -0.4 is 5.73 Å². The summed E-state index contributed by atoms with van der Waals surface area (Å²) in [6.45, 7) is 0.0354. The summed E-state index contributed by atoms with van der Waals surface area (Å²) in [4.78, 5) is 12.9. The van der Waals surface area contributed by atoms with E-state index in [1.54, 1.807) is 6.07 Å². The number of amidine groups is 1. The predicted octanol–water partition coefficient (Wildman–Crippen LogP) is 0.860. The molecule has 1 aromatic heterocycles. The molecule has 0 unspecified atom stereocenters. The number of amides is 1. The molecule has 82 valence electrons. The molecule has 15 heavy (non-hydrogen) atoms. The highest BCUT2D eigenvalue weighted by atomic mass is 79.9. The molecule has 0 fully saturated rings. The molecule has 0 aromatic carbocycles. The Hall–Kier alpha value is -1.50. The van der Waals surface area contributed by atoms with Crippen molar-refractivity contribution in [3.8, 4) is 0 Å². The molecular weight excluding hydrogens is 266 g/mol. The lowest BCUT2D eigenvalue weighted by Gasteiger charge is -2.13. The second-order valence-corrected chi connectivity index (χ2v) is 3.64. The average molecular weight is 276 g/mol. The maximum absolute atomic E-state index is 11.6. The topological polar surface area (TPSA) is 92.1 Å². The van der Waals surface area contributed by atoms with Crippen molar-refractivity contribution in [1.29, 1.82) is 0 Å². The van der Waals surface area contributed by atoms with Gasteiger partial charge in [-0.15, -0.1) is 0 Å². The summed E-state index contributed by atoms with van der Waals surface area (Å²) >= 11 is 3.09.